The van der Waals surface area contributed by atoms with E-state index >= 15 is 0 Å². The van der Waals surface area contributed by atoms with Gasteiger partial charge in [-0.05, 0) is 65.3 Å². The molecule has 1 N–H and O–H groups in total. The zero-order valence-electron chi connectivity index (χ0n) is 10.4. The Balaban J connectivity index is 1.87. The largest absolute Gasteiger partial charge is 0.313 e. The van der Waals surface area contributed by atoms with E-state index in [-0.39, 0.29) is 0 Å². The Labute approximate surface area is 117 Å². The lowest BCUT2D eigenvalue weighted by Crippen LogP contribution is -2.37. The molecule has 1 unspecified atom stereocenters. The topological polar surface area (TPSA) is 15.3 Å². The molecule has 1 aliphatic heterocycles. The van der Waals surface area contributed by atoms with Crippen molar-refractivity contribution in [3.8, 4) is 0 Å². The monoisotopic (exact) mass is 316 g/mol. The third kappa shape index (κ3) is 4.36. The van der Waals surface area contributed by atoms with E-state index in [9.17, 15) is 0 Å². The standard InChI is InChI=1S/C13H21BrN2S/c1-2-6-16(9-12-4-3-5-15-12)8-11-7-13(14)17-10-11/h7,10,12,15H,2-6,8-9H2,1H3. The van der Waals surface area contributed by atoms with Crippen molar-refractivity contribution in [1.29, 1.82) is 0 Å². The molecule has 1 aromatic heterocycles. The highest BCUT2D eigenvalue weighted by molar-refractivity contribution is 9.11. The van der Waals surface area contributed by atoms with Gasteiger partial charge in [-0.3, -0.25) is 4.90 Å². The molecule has 0 aromatic carbocycles. The van der Waals surface area contributed by atoms with Gasteiger partial charge in [0.05, 0.1) is 3.79 Å². The Hall–Kier alpha value is 0.1000. The molecule has 2 heterocycles. The fourth-order valence-electron chi connectivity index (χ4n) is 2.46. The van der Waals surface area contributed by atoms with Crippen LogP contribution in [-0.2, 0) is 6.54 Å². The molecule has 1 aromatic rings. The summed E-state index contributed by atoms with van der Waals surface area (Å²) in [6.07, 6.45) is 3.92. The number of nitrogens with zero attached hydrogens (tertiary/aromatic N) is 1. The minimum Gasteiger partial charge on any atom is -0.313 e. The summed E-state index contributed by atoms with van der Waals surface area (Å²) in [4.78, 5) is 2.58. The molecule has 1 atom stereocenters. The van der Waals surface area contributed by atoms with Crippen molar-refractivity contribution in [2.45, 2.75) is 38.8 Å². The minimum atomic E-state index is 0.712. The van der Waals surface area contributed by atoms with Gasteiger partial charge in [0.2, 0.25) is 0 Å². The first-order chi connectivity index (χ1) is 8.28. The van der Waals surface area contributed by atoms with Crippen LogP contribution >= 0.6 is 27.3 Å². The highest BCUT2D eigenvalue weighted by Gasteiger charge is 2.17. The van der Waals surface area contributed by atoms with Crippen LogP contribution in [-0.4, -0.2) is 30.6 Å². The van der Waals surface area contributed by atoms with Crippen molar-refractivity contribution in [1.82, 2.24) is 10.2 Å². The number of hydrogen-bond acceptors (Lipinski definition) is 3. The first-order valence-corrected chi connectivity index (χ1v) is 8.14. The molecule has 0 bridgehead atoms. The van der Waals surface area contributed by atoms with Gasteiger partial charge in [-0.25, -0.2) is 0 Å². The summed E-state index contributed by atoms with van der Waals surface area (Å²) >= 11 is 5.32. The molecule has 2 rings (SSSR count). The summed E-state index contributed by atoms with van der Waals surface area (Å²) in [5, 5.41) is 5.85. The van der Waals surface area contributed by atoms with E-state index in [1.807, 2.05) is 0 Å². The Kier molecular flexibility index (Phi) is 5.48. The van der Waals surface area contributed by atoms with Gasteiger partial charge in [0, 0.05) is 19.1 Å². The highest BCUT2D eigenvalue weighted by atomic mass is 79.9. The SMILES string of the molecule is CCCN(Cc1csc(Br)c1)CC1CCCN1. The maximum atomic E-state index is 3.59. The van der Waals surface area contributed by atoms with E-state index in [0.29, 0.717) is 6.04 Å². The van der Waals surface area contributed by atoms with Gasteiger partial charge in [-0.15, -0.1) is 11.3 Å². The van der Waals surface area contributed by atoms with Gasteiger partial charge in [0.15, 0.2) is 0 Å². The maximum absolute atomic E-state index is 3.59. The van der Waals surface area contributed by atoms with E-state index in [4.69, 9.17) is 0 Å². The van der Waals surface area contributed by atoms with Crippen LogP contribution in [0.1, 0.15) is 31.7 Å². The predicted octanol–water partition coefficient (Wildman–Crippen LogP) is 3.47. The van der Waals surface area contributed by atoms with Crippen LogP contribution in [0.15, 0.2) is 15.2 Å². The molecular formula is C13H21BrN2S. The van der Waals surface area contributed by atoms with Gasteiger partial charge in [-0.1, -0.05) is 6.92 Å². The number of thiophene rings is 1. The second kappa shape index (κ2) is 6.88. The highest BCUT2D eigenvalue weighted by Crippen LogP contribution is 2.22. The normalized spacial score (nSPS) is 20.3. The minimum absolute atomic E-state index is 0.712. The van der Waals surface area contributed by atoms with Crippen LogP contribution in [0, 0.1) is 0 Å². The molecule has 0 aliphatic carbocycles. The zero-order chi connectivity index (χ0) is 12.1. The Bertz CT molecular complexity index is 334. The van der Waals surface area contributed by atoms with Crippen LogP contribution in [0.2, 0.25) is 0 Å². The Morgan fingerprint density at radius 1 is 1.59 bits per heavy atom. The molecule has 1 aliphatic rings. The predicted molar refractivity (Wildman–Crippen MR) is 78.6 cm³/mol. The fourth-order valence-corrected chi connectivity index (χ4v) is 3.66. The average Bonchev–Trinajstić information content (AvgIpc) is 2.91. The smallest absolute Gasteiger partial charge is 0.0701 e. The van der Waals surface area contributed by atoms with Gasteiger partial charge in [0.25, 0.3) is 0 Å². The van der Waals surface area contributed by atoms with Gasteiger partial charge in [0.1, 0.15) is 0 Å². The third-order valence-electron chi connectivity index (χ3n) is 3.21. The van der Waals surface area contributed by atoms with E-state index in [1.54, 1.807) is 11.3 Å². The van der Waals surface area contributed by atoms with Crippen LogP contribution in [0.4, 0.5) is 0 Å². The van der Waals surface area contributed by atoms with Crippen LogP contribution < -0.4 is 5.32 Å². The summed E-state index contributed by atoms with van der Waals surface area (Å²) < 4.78 is 1.24. The molecule has 1 saturated heterocycles. The third-order valence-corrected chi connectivity index (χ3v) is 4.76. The summed E-state index contributed by atoms with van der Waals surface area (Å²) in [5.41, 5.74) is 1.44. The van der Waals surface area contributed by atoms with Gasteiger partial charge >= 0.3 is 0 Å². The number of halogens is 1. The maximum Gasteiger partial charge on any atom is 0.0701 e. The van der Waals surface area contributed by atoms with Gasteiger partial charge in [-0.2, -0.15) is 0 Å². The quantitative estimate of drug-likeness (QED) is 0.864. The van der Waals surface area contributed by atoms with Crippen LogP contribution in [0.5, 0.6) is 0 Å². The summed E-state index contributed by atoms with van der Waals surface area (Å²) in [6, 6.07) is 2.96. The lowest BCUT2D eigenvalue weighted by molar-refractivity contribution is 0.242. The van der Waals surface area contributed by atoms with Crippen molar-refractivity contribution >= 4 is 27.3 Å². The van der Waals surface area contributed by atoms with Crippen molar-refractivity contribution < 1.29 is 0 Å². The van der Waals surface area contributed by atoms with Crippen molar-refractivity contribution in [3.63, 3.8) is 0 Å². The average molecular weight is 317 g/mol. The Morgan fingerprint density at radius 3 is 3.06 bits per heavy atom. The second-order valence-corrected chi connectivity index (χ2v) is 7.08. The van der Waals surface area contributed by atoms with E-state index < -0.39 is 0 Å². The van der Waals surface area contributed by atoms with Crippen molar-refractivity contribution in [2.24, 2.45) is 0 Å². The molecule has 1 fully saturated rings. The zero-order valence-corrected chi connectivity index (χ0v) is 12.8. The van der Waals surface area contributed by atoms with Crippen molar-refractivity contribution in [3.05, 3.63) is 20.8 Å². The number of nitrogens with one attached hydrogen (secondary N) is 1. The summed E-state index contributed by atoms with van der Waals surface area (Å²) in [7, 11) is 0. The molecule has 2 nitrogen and oxygen atoms in total. The summed E-state index contributed by atoms with van der Waals surface area (Å²) in [5.74, 6) is 0. The first-order valence-electron chi connectivity index (χ1n) is 6.46. The lowest BCUT2D eigenvalue weighted by Gasteiger charge is -2.24. The molecule has 0 saturated carbocycles. The lowest BCUT2D eigenvalue weighted by atomic mass is 10.2. The van der Waals surface area contributed by atoms with E-state index in [2.05, 4.69) is 44.5 Å². The molecule has 0 amide bonds. The van der Waals surface area contributed by atoms with Crippen molar-refractivity contribution in [2.75, 3.05) is 19.6 Å². The Morgan fingerprint density at radius 2 is 2.47 bits per heavy atom. The molecule has 4 heteroatoms. The van der Waals surface area contributed by atoms with Crippen LogP contribution in [0.3, 0.4) is 0 Å². The first kappa shape index (κ1) is 13.5. The fraction of sp³-hybridized carbons (Fsp3) is 0.692. The number of rotatable bonds is 6. The summed E-state index contributed by atoms with van der Waals surface area (Å²) in [6.45, 7) is 6.95. The molecule has 0 spiro atoms. The number of hydrogen-bond donors (Lipinski definition) is 1. The van der Waals surface area contributed by atoms with E-state index in [1.165, 1.54) is 48.2 Å². The molecule has 17 heavy (non-hydrogen) atoms. The van der Waals surface area contributed by atoms with E-state index in [0.717, 1.165) is 6.54 Å². The van der Waals surface area contributed by atoms with Gasteiger partial charge < -0.3 is 5.32 Å². The molecular weight excluding hydrogens is 296 g/mol. The van der Waals surface area contributed by atoms with Crippen LogP contribution in [0.25, 0.3) is 0 Å². The molecule has 96 valence electrons. The molecule has 0 radical (unpaired) electrons. The second-order valence-electron chi connectivity index (χ2n) is 4.79.